The Balaban J connectivity index is 0.000000277. The lowest BCUT2D eigenvalue weighted by atomic mass is 9.89. The van der Waals surface area contributed by atoms with Crippen molar-refractivity contribution in [3.63, 3.8) is 0 Å². The molecule has 12 nitrogen and oxygen atoms in total. The molecule has 2 unspecified atom stereocenters. The summed E-state index contributed by atoms with van der Waals surface area (Å²) in [7, 11) is 1.51. The van der Waals surface area contributed by atoms with Crippen LogP contribution in [0.2, 0.25) is 0 Å². The number of hydrogen-bond acceptors (Lipinski definition) is 9. The number of piperidine rings is 1. The predicted molar refractivity (Wildman–Crippen MR) is 169 cm³/mol. The molecular formula is C31H45F3N8O4. The smallest absolute Gasteiger partial charge is 0.419 e. The van der Waals surface area contributed by atoms with Gasteiger partial charge < -0.3 is 35.8 Å². The number of ether oxygens (including phenoxy) is 1. The van der Waals surface area contributed by atoms with Gasteiger partial charge in [0.2, 0.25) is 23.7 Å². The van der Waals surface area contributed by atoms with E-state index in [2.05, 4.69) is 36.1 Å². The minimum absolute atomic E-state index is 0.0362. The second kappa shape index (κ2) is 16.4. The molecule has 2 aliphatic rings. The second-order valence-corrected chi connectivity index (χ2v) is 11.9. The maximum Gasteiger partial charge on any atom is 0.419 e. The van der Waals surface area contributed by atoms with Gasteiger partial charge in [0.25, 0.3) is 0 Å². The molecule has 0 bridgehead atoms. The number of carbonyl (C=O) groups is 3. The summed E-state index contributed by atoms with van der Waals surface area (Å²) in [5.41, 5.74) is 0.553. The number of amides is 3. The quantitative estimate of drug-likeness (QED) is 0.339. The SMILES string of the molecule is CC(C)NC(=O)C1CNCC(C(=O)NC(C)C)C1.COc1cc(N2CCN(C(C)=O)CC2)ccc1Nc1ncc(C(F)(F)F)cn1. The van der Waals surface area contributed by atoms with E-state index in [4.69, 9.17) is 4.74 Å². The number of methoxy groups -OCH3 is 1. The Morgan fingerprint density at radius 2 is 1.48 bits per heavy atom. The fraction of sp³-hybridized carbons (Fsp3) is 0.581. The Hall–Kier alpha value is -4.14. The van der Waals surface area contributed by atoms with E-state index in [1.165, 1.54) is 7.11 Å². The van der Waals surface area contributed by atoms with Crippen LogP contribution in [0.5, 0.6) is 5.75 Å². The molecule has 2 saturated heterocycles. The van der Waals surface area contributed by atoms with Gasteiger partial charge in [0.15, 0.2) is 0 Å². The third kappa shape index (κ3) is 10.7. The Morgan fingerprint density at radius 3 is 1.93 bits per heavy atom. The van der Waals surface area contributed by atoms with E-state index in [0.717, 1.165) is 18.1 Å². The molecule has 46 heavy (non-hydrogen) atoms. The number of benzene rings is 1. The molecule has 2 fully saturated rings. The number of nitrogens with one attached hydrogen (secondary N) is 4. The average molecular weight is 651 g/mol. The molecule has 0 radical (unpaired) electrons. The molecule has 15 heteroatoms. The number of nitrogens with zero attached hydrogens (tertiary/aromatic N) is 4. The molecule has 3 heterocycles. The lowest BCUT2D eigenvalue weighted by Gasteiger charge is -2.35. The standard InChI is InChI=1S/C18H20F3N5O2.C13H25N3O2/c1-12(27)25-5-7-26(8-6-25)14-3-4-15(16(9-14)28-2)24-17-22-10-13(11-23-17)18(19,20)21;1-8(2)15-12(17)10-5-11(7-14-6-10)13(18)16-9(3)4/h3-4,9-11H,5-8H2,1-2H3,(H,22,23,24);8-11,14H,5-7H2,1-4H3,(H,15,17)(H,16,18). The Labute approximate surface area is 267 Å². The van der Waals surface area contributed by atoms with Crippen molar-refractivity contribution in [2.75, 3.05) is 56.6 Å². The molecule has 0 aliphatic carbocycles. The van der Waals surface area contributed by atoms with Crippen molar-refractivity contribution < 1.29 is 32.3 Å². The first-order valence-corrected chi connectivity index (χ1v) is 15.3. The van der Waals surface area contributed by atoms with Crippen LogP contribution in [-0.2, 0) is 20.6 Å². The number of rotatable bonds is 8. The van der Waals surface area contributed by atoms with Crippen LogP contribution in [0, 0.1) is 11.8 Å². The lowest BCUT2D eigenvalue weighted by Crippen LogP contribution is -2.50. The summed E-state index contributed by atoms with van der Waals surface area (Å²) in [4.78, 5) is 46.6. The van der Waals surface area contributed by atoms with Gasteiger partial charge in [-0.05, 0) is 46.2 Å². The van der Waals surface area contributed by atoms with Crippen molar-refractivity contribution in [1.82, 2.24) is 30.8 Å². The first kappa shape index (κ1) is 36.3. The highest BCUT2D eigenvalue weighted by Gasteiger charge is 2.32. The molecule has 4 N–H and O–H groups in total. The molecule has 1 aromatic carbocycles. The fourth-order valence-electron chi connectivity index (χ4n) is 5.06. The number of alkyl halides is 3. The fourth-order valence-corrected chi connectivity index (χ4v) is 5.06. The maximum absolute atomic E-state index is 12.6. The average Bonchev–Trinajstić information content (AvgIpc) is 3.01. The van der Waals surface area contributed by atoms with Crippen molar-refractivity contribution in [2.45, 2.75) is 59.3 Å². The third-order valence-electron chi connectivity index (χ3n) is 7.45. The second-order valence-electron chi connectivity index (χ2n) is 11.9. The molecule has 3 amide bonds. The van der Waals surface area contributed by atoms with E-state index in [1.807, 2.05) is 39.8 Å². The summed E-state index contributed by atoms with van der Waals surface area (Å²) in [6.45, 7) is 13.3. The van der Waals surface area contributed by atoms with Crippen LogP contribution in [0.4, 0.5) is 30.5 Å². The molecule has 2 atom stereocenters. The monoisotopic (exact) mass is 650 g/mol. The van der Waals surface area contributed by atoms with Crippen LogP contribution in [0.25, 0.3) is 0 Å². The highest BCUT2D eigenvalue weighted by molar-refractivity contribution is 5.83. The number of piperazine rings is 1. The minimum Gasteiger partial charge on any atom is -0.494 e. The van der Waals surface area contributed by atoms with Crippen LogP contribution in [-0.4, -0.2) is 91.1 Å². The Kier molecular flexibility index (Phi) is 13.0. The van der Waals surface area contributed by atoms with E-state index < -0.39 is 11.7 Å². The first-order valence-electron chi connectivity index (χ1n) is 15.3. The summed E-state index contributed by atoms with van der Waals surface area (Å²) in [6, 6.07) is 5.74. The molecule has 254 valence electrons. The van der Waals surface area contributed by atoms with Crippen LogP contribution in [0.15, 0.2) is 30.6 Å². The summed E-state index contributed by atoms with van der Waals surface area (Å²) < 4.78 is 43.2. The lowest BCUT2D eigenvalue weighted by molar-refractivity contribution is -0.138. The molecule has 0 saturated carbocycles. The molecule has 2 aromatic rings. The number of anilines is 3. The molecule has 2 aliphatic heterocycles. The largest absolute Gasteiger partial charge is 0.494 e. The topological polar surface area (TPSA) is 141 Å². The highest BCUT2D eigenvalue weighted by atomic mass is 19.4. The van der Waals surface area contributed by atoms with Crippen LogP contribution >= 0.6 is 0 Å². The maximum atomic E-state index is 12.6. The Bertz CT molecular complexity index is 1290. The van der Waals surface area contributed by atoms with E-state index in [0.29, 0.717) is 57.1 Å². The number of aromatic nitrogens is 2. The van der Waals surface area contributed by atoms with Gasteiger partial charge in [0.05, 0.1) is 30.2 Å². The zero-order valence-corrected chi connectivity index (χ0v) is 27.2. The van der Waals surface area contributed by atoms with E-state index in [-0.39, 0.29) is 47.6 Å². The predicted octanol–water partition coefficient (Wildman–Crippen LogP) is 3.18. The molecule has 1 aromatic heterocycles. The van der Waals surface area contributed by atoms with Crippen molar-refractivity contribution in [3.8, 4) is 5.75 Å². The highest BCUT2D eigenvalue weighted by Crippen LogP contribution is 2.33. The van der Waals surface area contributed by atoms with Gasteiger partial charge in [-0.3, -0.25) is 14.4 Å². The van der Waals surface area contributed by atoms with Crippen LogP contribution < -0.4 is 30.9 Å². The summed E-state index contributed by atoms with van der Waals surface area (Å²) >= 11 is 0. The normalized spacial score (nSPS) is 18.4. The number of hydrogen-bond donors (Lipinski definition) is 4. The zero-order chi connectivity index (χ0) is 34.0. The van der Waals surface area contributed by atoms with Crippen molar-refractivity contribution in [2.24, 2.45) is 11.8 Å². The third-order valence-corrected chi connectivity index (χ3v) is 7.45. The summed E-state index contributed by atoms with van der Waals surface area (Å²) in [5.74, 6) is 0.477. The first-order chi connectivity index (χ1) is 21.7. The molecular weight excluding hydrogens is 605 g/mol. The molecule has 0 spiro atoms. The van der Waals surface area contributed by atoms with Crippen LogP contribution in [0.3, 0.4) is 0 Å². The van der Waals surface area contributed by atoms with E-state index >= 15 is 0 Å². The van der Waals surface area contributed by atoms with Gasteiger partial charge in [-0.1, -0.05) is 0 Å². The number of halogens is 3. The van der Waals surface area contributed by atoms with Crippen molar-refractivity contribution in [3.05, 3.63) is 36.2 Å². The molecule has 4 rings (SSSR count). The summed E-state index contributed by atoms with van der Waals surface area (Å²) in [6.07, 6.45) is -2.40. The zero-order valence-electron chi connectivity index (χ0n) is 27.2. The minimum atomic E-state index is -4.48. The van der Waals surface area contributed by atoms with Gasteiger partial charge in [0.1, 0.15) is 5.75 Å². The van der Waals surface area contributed by atoms with Crippen molar-refractivity contribution in [1.29, 1.82) is 0 Å². The summed E-state index contributed by atoms with van der Waals surface area (Å²) in [5, 5.41) is 11.8. The van der Waals surface area contributed by atoms with E-state index in [1.54, 1.807) is 17.9 Å². The van der Waals surface area contributed by atoms with Crippen molar-refractivity contribution >= 4 is 35.0 Å². The Morgan fingerprint density at radius 1 is 0.935 bits per heavy atom. The number of carbonyl (C=O) groups excluding carboxylic acids is 3. The van der Waals surface area contributed by atoms with Gasteiger partial charge >= 0.3 is 6.18 Å². The van der Waals surface area contributed by atoms with Gasteiger partial charge in [-0.2, -0.15) is 13.2 Å². The van der Waals surface area contributed by atoms with Gasteiger partial charge in [-0.15, -0.1) is 0 Å². The van der Waals surface area contributed by atoms with Crippen LogP contribution in [0.1, 0.15) is 46.6 Å². The van der Waals surface area contributed by atoms with E-state index in [9.17, 15) is 27.6 Å². The van der Waals surface area contributed by atoms with Gasteiger partial charge in [-0.25, -0.2) is 9.97 Å². The van der Waals surface area contributed by atoms with Gasteiger partial charge in [0, 0.05) is 82.4 Å².